The number of aryl methyl sites for hydroxylation is 1. The molecule has 0 bridgehead atoms. The second-order valence-corrected chi connectivity index (χ2v) is 8.14. The quantitative estimate of drug-likeness (QED) is 0.679. The minimum absolute atomic E-state index is 0.0436. The summed E-state index contributed by atoms with van der Waals surface area (Å²) in [5, 5.41) is 3.06. The van der Waals surface area contributed by atoms with Crippen LogP contribution in [0.2, 0.25) is 0 Å². The van der Waals surface area contributed by atoms with Crippen LogP contribution in [-0.4, -0.2) is 56.1 Å². The molecule has 2 saturated heterocycles. The van der Waals surface area contributed by atoms with Crippen molar-refractivity contribution in [2.75, 3.05) is 44.2 Å². The number of carbonyl (C=O) groups excluding carboxylic acids is 1. The minimum Gasteiger partial charge on any atom is -0.369 e. The van der Waals surface area contributed by atoms with E-state index >= 15 is 0 Å². The lowest BCUT2D eigenvalue weighted by molar-refractivity contribution is -0.122. The smallest absolute Gasteiger partial charge is 0.238 e. The monoisotopic (exact) mass is 411 g/mol. The molecule has 6 nitrogen and oxygen atoms in total. The van der Waals surface area contributed by atoms with Crippen LogP contribution in [0.15, 0.2) is 48.5 Å². The summed E-state index contributed by atoms with van der Waals surface area (Å²) in [6, 6.07) is 15.0. The summed E-state index contributed by atoms with van der Waals surface area (Å²) in [4.78, 5) is 17.1. The Morgan fingerprint density at radius 3 is 2.43 bits per heavy atom. The molecular formula is C23H30FN5O. The molecule has 0 aromatic heterocycles. The van der Waals surface area contributed by atoms with Crippen LogP contribution < -0.4 is 21.1 Å². The van der Waals surface area contributed by atoms with Gasteiger partial charge in [-0.1, -0.05) is 29.8 Å². The molecule has 2 heterocycles. The van der Waals surface area contributed by atoms with Gasteiger partial charge in [0.05, 0.1) is 0 Å². The van der Waals surface area contributed by atoms with Gasteiger partial charge in [0.15, 0.2) is 0 Å². The third kappa shape index (κ3) is 5.16. The number of piperazine rings is 1. The van der Waals surface area contributed by atoms with Crippen molar-refractivity contribution in [3.63, 3.8) is 0 Å². The maximum absolute atomic E-state index is 13.1. The summed E-state index contributed by atoms with van der Waals surface area (Å²) >= 11 is 0. The minimum atomic E-state index is -0.216. The molecule has 2 aliphatic heterocycles. The van der Waals surface area contributed by atoms with Gasteiger partial charge in [0.1, 0.15) is 11.9 Å². The van der Waals surface area contributed by atoms with Crippen molar-refractivity contribution in [1.29, 1.82) is 0 Å². The Morgan fingerprint density at radius 1 is 1.03 bits per heavy atom. The van der Waals surface area contributed by atoms with E-state index in [1.165, 1.54) is 23.3 Å². The predicted molar refractivity (Wildman–Crippen MR) is 117 cm³/mol. The van der Waals surface area contributed by atoms with Crippen LogP contribution in [-0.2, 0) is 4.79 Å². The van der Waals surface area contributed by atoms with Gasteiger partial charge in [0, 0.05) is 51.0 Å². The summed E-state index contributed by atoms with van der Waals surface area (Å²) in [6.07, 6.45) is 0.741. The van der Waals surface area contributed by atoms with Crippen molar-refractivity contribution in [2.45, 2.75) is 25.4 Å². The number of nitrogens with zero attached hydrogens (tertiary/aromatic N) is 2. The van der Waals surface area contributed by atoms with Crippen molar-refractivity contribution in [1.82, 2.24) is 21.1 Å². The van der Waals surface area contributed by atoms with Crippen molar-refractivity contribution in [3.8, 4) is 0 Å². The number of nitrogens with one attached hydrogen (secondary N) is 3. The van der Waals surface area contributed by atoms with E-state index in [2.05, 4.69) is 57.2 Å². The summed E-state index contributed by atoms with van der Waals surface area (Å²) in [5.41, 5.74) is 9.86. The van der Waals surface area contributed by atoms with Crippen molar-refractivity contribution in [2.24, 2.45) is 0 Å². The van der Waals surface area contributed by atoms with E-state index in [4.69, 9.17) is 0 Å². The Bertz CT molecular complexity index is 834. The van der Waals surface area contributed by atoms with E-state index in [0.717, 1.165) is 44.8 Å². The second kappa shape index (κ2) is 9.55. The van der Waals surface area contributed by atoms with Gasteiger partial charge in [-0.05, 0) is 43.2 Å². The van der Waals surface area contributed by atoms with E-state index in [-0.39, 0.29) is 23.8 Å². The van der Waals surface area contributed by atoms with Crippen molar-refractivity contribution < 1.29 is 9.18 Å². The summed E-state index contributed by atoms with van der Waals surface area (Å²) in [6.45, 7) is 7.24. The highest BCUT2D eigenvalue weighted by Gasteiger charge is 2.30. The molecule has 160 valence electrons. The standard InChI is InChI=1S/C23H30FN5O/c1-17-2-4-18(5-3-17)21-16-22(27-26-21)23(30)25-10-11-28-12-14-29(15-13-28)20-8-6-19(24)7-9-20/h2-9,21-22,26-27H,10-16H2,1H3,(H,25,30). The molecule has 4 rings (SSSR count). The number of hydrazine groups is 1. The van der Waals surface area contributed by atoms with E-state index in [1.807, 2.05) is 12.1 Å². The fourth-order valence-corrected chi connectivity index (χ4v) is 4.09. The van der Waals surface area contributed by atoms with Crippen molar-refractivity contribution >= 4 is 11.6 Å². The Kier molecular flexibility index (Phi) is 6.62. The van der Waals surface area contributed by atoms with E-state index in [0.29, 0.717) is 6.54 Å². The molecule has 2 atom stereocenters. The van der Waals surface area contributed by atoms with E-state index < -0.39 is 0 Å². The van der Waals surface area contributed by atoms with Crippen molar-refractivity contribution in [3.05, 3.63) is 65.5 Å². The first-order valence-electron chi connectivity index (χ1n) is 10.7. The molecule has 0 spiro atoms. The Labute approximate surface area is 177 Å². The van der Waals surface area contributed by atoms with Gasteiger partial charge in [-0.2, -0.15) is 0 Å². The lowest BCUT2D eigenvalue weighted by atomic mass is 10.0. The van der Waals surface area contributed by atoms with Gasteiger partial charge in [-0.15, -0.1) is 0 Å². The number of hydrogen-bond acceptors (Lipinski definition) is 5. The first-order valence-corrected chi connectivity index (χ1v) is 10.7. The molecular weight excluding hydrogens is 381 g/mol. The van der Waals surface area contributed by atoms with E-state index in [9.17, 15) is 9.18 Å². The molecule has 30 heavy (non-hydrogen) atoms. The summed E-state index contributed by atoms with van der Waals surface area (Å²) < 4.78 is 13.1. The van der Waals surface area contributed by atoms with Gasteiger partial charge in [-0.25, -0.2) is 15.2 Å². The van der Waals surface area contributed by atoms with Gasteiger partial charge in [-0.3, -0.25) is 9.69 Å². The fraction of sp³-hybridized carbons (Fsp3) is 0.435. The van der Waals surface area contributed by atoms with Gasteiger partial charge < -0.3 is 10.2 Å². The number of anilines is 1. The highest BCUT2D eigenvalue weighted by molar-refractivity contribution is 5.82. The lowest BCUT2D eigenvalue weighted by Crippen LogP contribution is -2.50. The molecule has 2 aliphatic rings. The second-order valence-electron chi connectivity index (χ2n) is 8.14. The highest BCUT2D eigenvalue weighted by Crippen LogP contribution is 2.22. The Hall–Kier alpha value is -2.48. The van der Waals surface area contributed by atoms with Crippen LogP contribution in [0.25, 0.3) is 0 Å². The fourth-order valence-electron chi connectivity index (χ4n) is 4.09. The largest absolute Gasteiger partial charge is 0.369 e. The van der Waals surface area contributed by atoms with E-state index in [1.54, 1.807) is 0 Å². The van der Waals surface area contributed by atoms with Crippen LogP contribution in [0, 0.1) is 12.7 Å². The maximum Gasteiger partial charge on any atom is 0.238 e. The predicted octanol–water partition coefficient (Wildman–Crippen LogP) is 1.98. The molecule has 7 heteroatoms. The topological polar surface area (TPSA) is 59.6 Å². The molecule has 2 unspecified atom stereocenters. The van der Waals surface area contributed by atoms with Crippen LogP contribution in [0.5, 0.6) is 0 Å². The summed E-state index contributed by atoms with van der Waals surface area (Å²) in [7, 11) is 0. The summed E-state index contributed by atoms with van der Waals surface area (Å²) in [5.74, 6) is -0.160. The SMILES string of the molecule is Cc1ccc(C2CC(C(=O)NCCN3CCN(c4ccc(F)cc4)CC3)NN2)cc1. The maximum atomic E-state index is 13.1. The number of carbonyl (C=O) groups is 1. The lowest BCUT2D eigenvalue weighted by Gasteiger charge is -2.36. The normalized spacial score (nSPS) is 22.3. The van der Waals surface area contributed by atoms with Gasteiger partial charge >= 0.3 is 0 Å². The highest BCUT2D eigenvalue weighted by atomic mass is 19.1. The van der Waals surface area contributed by atoms with Crippen LogP contribution in [0.1, 0.15) is 23.6 Å². The zero-order valence-corrected chi connectivity index (χ0v) is 17.4. The van der Waals surface area contributed by atoms with Crippen LogP contribution >= 0.6 is 0 Å². The molecule has 2 fully saturated rings. The zero-order chi connectivity index (χ0) is 20.9. The molecule has 2 aromatic rings. The molecule has 0 saturated carbocycles. The number of halogens is 1. The number of amides is 1. The molecule has 2 aromatic carbocycles. The molecule has 0 aliphatic carbocycles. The van der Waals surface area contributed by atoms with Gasteiger partial charge in [0.25, 0.3) is 0 Å². The van der Waals surface area contributed by atoms with Crippen LogP contribution in [0.3, 0.4) is 0 Å². The molecule has 0 radical (unpaired) electrons. The number of hydrogen-bond donors (Lipinski definition) is 3. The first kappa shape index (κ1) is 20.8. The van der Waals surface area contributed by atoms with Crippen LogP contribution in [0.4, 0.5) is 10.1 Å². The average Bonchev–Trinajstić information content (AvgIpc) is 3.26. The third-order valence-electron chi connectivity index (χ3n) is 5.99. The number of benzene rings is 2. The Morgan fingerprint density at radius 2 is 1.73 bits per heavy atom. The average molecular weight is 412 g/mol. The number of rotatable bonds is 6. The first-order chi connectivity index (χ1) is 14.6. The zero-order valence-electron chi connectivity index (χ0n) is 17.4. The molecule has 3 N–H and O–H groups in total. The van der Waals surface area contributed by atoms with Gasteiger partial charge in [0.2, 0.25) is 5.91 Å². The third-order valence-corrected chi connectivity index (χ3v) is 5.99. The Balaban J connectivity index is 1.16. The molecule has 1 amide bonds.